The Morgan fingerprint density at radius 2 is 1.45 bits per heavy atom. The fraction of sp³-hybridized carbons (Fsp3) is 0.0833. The SMILES string of the molecule is CN(C(=O)COC(=O)c1nn(-c2ccccc2)c(=O)c2ccccc12)c1ccccc1. The first kappa shape index (κ1) is 20.0. The first-order chi connectivity index (χ1) is 15.1. The summed E-state index contributed by atoms with van der Waals surface area (Å²) in [7, 11) is 1.61. The number of amides is 1. The van der Waals surface area contributed by atoms with Gasteiger partial charge < -0.3 is 9.64 Å². The van der Waals surface area contributed by atoms with Crippen molar-refractivity contribution in [1.82, 2.24) is 9.78 Å². The predicted octanol–water partition coefficient (Wildman–Crippen LogP) is 3.21. The molecule has 0 N–H and O–H groups in total. The largest absolute Gasteiger partial charge is 0.451 e. The number of anilines is 1. The topological polar surface area (TPSA) is 81.5 Å². The highest BCUT2D eigenvalue weighted by molar-refractivity contribution is 6.03. The zero-order chi connectivity index (χ0) is 21.8. The molecule has 4 aromatic rings. The predicted molar refractivity (Wildman–Crippen MR) is 117 cm³/mol. The number of para-hydroxylation sites is 2. The number of benzene rings is 3. The van der Waals surface area contributed by atoms with Gasteiger partial charge in [-0.1, -0.05) is 54.6 Å². The second-order valence-corrected chi connectivity index (χ2v) is 6.81. The zero-order valence-corrected chi connectivity index (χ0v) is 16.8. The van der Waals surface area contributed by atoms with Crippen LogP contribution in [0.15, 0.2) is 89.7 Å². The molecule has 0 bridgehead atoms. The van der Waals surface area contributed by atoms with Crippen LogP contribution >= 0.6 is 0 Å². The summed E-state index contributed by atoms with van der Waals surface area (Å²) in [5.74, 6) is -1.17. The smallest absolute Gasteiger partial charge is 0.359 e. The van der Waals surface area contributed by atoms with Crippen LogP contribution in [0.25, 0.3) is 16.5 Å². The Balaban J connectivity index is 1.64. The van der Waals surface area contributed by atoms with Crippen LogP contribution in [-0.4, -0.2) is 35.3 Å². The van der Waals surface area contributed by atoms with E-state index in [1.54, 1.807) is 67.7 Å². The molecule has 3 aromatic carbocycles. The Labute approximate surface area is 178 Å². The van der Waals surface area contributed by atoms with Gasteiger partial charge in [0.05, 0.1) is 11.1 Å². The Kier molecular flexibility index (Phi) is 5.57. The molecule has 0 radical (unpaired) electrons. The molecule has 1 heterocycles. The Bertz CT molecular complexity index is 1300. The van der Waals surface area contributed by atoms with Gasteiger partial charge in [-0.2, -0.15) is 9.78 Å². The van der Waals surface area contributed by atoms with Gasteiger partial charge in [0.1, 0.15) is 0 Å². The number of esters is 1. The monoisotopic (exact) mass is 413 g/mol. The van der Waals surface area contributed by atoms with E-state index >= 15 is 0 Å². The van der Waals surface area contributed by atoms with E-state index in [9.17, 15) is 14.4 Å². The minimum atomic E-state index is -0.782. The van der Waals surface area contributed by atoms with Gasteiger partial charge in [0.25, 0.3) is 11.5 Å². The van der Waals surface area contributed by atoms with Gasteiger partial charge in [-0.3, -0.25) is 9.59 Å². The van der Waals surface area contributed by atoms with Gasteiger partial charge in [-0.15, -0.1) is 0 Å². The molecule has 31 heavy (non-hydrogen) atoms. The third-order valence-electron chi connectivity index (χ3n) is 4.84. The summed E-state index contributed by atoms with van der Waals surface area (Å²) in [5, 5.41) is 4.96. The van der Waals surface area contributed by atoms with Crippen molar-refractivity contribution in [2.24, 2.45) is 0 Å². The Morgan fingerprint density at radius 3 is 2.13 bits per heavy atom. The Morgan fingerprint density at radius 1 is 0.871 bits per heavy atom. The molecule has 0 unspecified atom stereocenters. The maximum atomic E-state index is 12.9. The van der Waals surface area contributed by atoms with Gasteiger partial charge in [0.15, 0.2) is 12.3 Å². The minimum Gasteiger partial charge on any atom is -0.451 e. The van der Waals surface area contributed by atoms with Gasteiger partial charge in [-0.05, 0) is 30.3 Å². The van der Waals surface area contributed by atoms with E-state index in [4.69, 9.17) is 4.74 Å². The molecule has 0 saturated heterocycles. The van der Waals surface area contributed by atoms with Crippen LogP contribution in [0, 0.1) is 0 Å². The molecule has 7 nitrogen and oxygen atoms in total. The molecule has 0 aliphatic heterocycles. The highest BCUT2D eigenvalue weighted by Gasteiger charge is 2.20. The van der Waals surface area contributed by atoms with Gasteiger partial charge >= 0.3 is 5.97 Å². The summed E-state index contributed by atoms with van der Waals surface area (Å²) in [5.41, 5.74) is 0.824. The molecule has 0 saturated carbocycles. The van der Waals surface area contributed by atoms with Crippen LogP contribution in [0.1, 0.15) is 10.5 Å². The van der Waals surface area contributed by atoms with E-state index < -0.39 is 12.6 Å². The Hall–Kier alpha value is -4.26. The van der Waals surface area contributed by atoms with Crippen molar-refractivity contribution in [3.63, 3.8) is 0 Å². The van der Waals surface area contributed by atoms with Crippen LogP contribution < -0.4 is 10.5 Å². The number of aromatic nitrogens is 2. The van der Waals surface area contributed by atoms with Crippen molar-refractivity contribution in [3.05, 3.63) is 101 Å². The number of hydrogen-bond donors (Lipinski definition) is 0. The number of carbonyl (C=O) groups excluding carboxylic acids is 2. The molecule has 7 heteroatoms. The standard InChI is InChI=1S/C24H19N3O4/c1-26(17-10-4-2-5-11-17)21(28)16-31-24(30)22-19-14-8-9-15-20(19)23(29)27(25-22)18-12-6-3-7-13-18/h2-15H,16H2,1H3. The summed E-state index contributed by atoms with van der Waals surface area (Å²) in [4.78, 5) is 39.6. The number of hydrogen-bond acceptors (Lipinski definition) is 5. The molecule has 0 aliphatic rings. The summed E-state index contributed by atoms with van der Waals surface area (Å²) < 4.78 is 6.43. The maximum Gasteiger partial charge on any atom is 0.359 e. The van der Waals surface area contributed by atoms with Crippen molar-refractivity contribution in [2.75, 3.05) is 18.6 Å². The highest BCUT2D eigenvalue weighted by Crippen LogP contribution is 2.17. The summed E-state index contributed by atoms with van der Waals surface area (Å²) in [6, 6.07) is 24.5. The molecule has 0 aliphatic carbocycles. The van der Waals surface area contributed by atoms with E-state index in [0.29, 0.717) is 22.1 Å². The van der Waals surface area contributed by atoms with Crippen LogP contribution in [0.4, 0.5) is 5.69 Å². The molecular weight excluding hydrogens is 394 g/mol. The van der Waals surface area contributed by atoms with Crippen molar-refractivity contribution < 1.29 is 14.3 Å². The van der Waals surface area contributed by atoms with E-state index in [-0.39, 0.29) is 17.2 Å². The number of fused-ring (bicyclic) bond motifs is 1. The molecule has 1 amide bonds. The van der Waals surface area contributed by atoms with E-state index in [0.717, 1.165) is 4.68 Å². The lowest BCUT2D eigenvalue weighted by Crippen LogP contribution is -2.31. The number of likely N-dealkylation sites (N-methyl/N-ethyl adjacent to an activating group) is 1. The average Bonchev–Trinajstić information content (AvgIpc) is 2.83. The average molecular weight is 413 g/mol. The number of rotatable bonds is 5. The number of nitrogens with zero attached hydrogens (tertiary/aromatic N) is 3. The summed E-state index contributed by atoms with van der Waals surface area (Å²) in [6.45, 7) is -0.454. The van der Waals surface area contributed by atoms with Crippen molar-refractivity contribution in [1.29, 1.82) is 0 Å². The van der Waals surface area contributed by atoms with Crippen LogP contribution in [-0.2, 0) is 9.53 Å². The highest BCUT2D eigenvalue weighted by atomic mass is 16.5. The van der Waals surface area contributed by atoms with Crippen LogP contribution in [0.2, 0.25) is 0 Å². The van der Waals surface area contributed by atoms with Crippen molar-refractivity contribution in [3.8, 4) is 5.69 Å². The zero-order valence-electron chi connectivity index (χ0n) is 16.8. The molecular formula is C24H19N3O4. The van der Waals surface area contributed by atoms with E-state index in [1.807, 2.05) is 24.3 Å². The van der Waals surface area contributed by atoms with Crippen molar-refractivity contribution >= 4 is 28.3 Å². The maximum absolute atomic E-state index is 12.9. The van der Waals surface area contributed by atoms with Gasteiger partial charge in [-0.25, -0.2) is 4.79 Å². The lowest BCUT2D eigenvalue weighted by molar-refractivity contribution is -0.121. The molecule has 0 fully saturated rings. The molecule has 1 aromatic heterocycles. The second kappa shape index (κ2) is 8.62. The van der Waals surface area contributed by atoms with Gasteiger partial charge in [0.2, 0.25) is 0 Å². The first-order valence-electron chi connectivity index (χ1n) is 9.62. The van der Waals surface area contributed by atoms with Crippen LogP contribution in [0.3, 0.4) is 0 Å². The normalized spacial score (nSPS) is 10.6. The third-order valence-corrected chi connectivity index (χ3v) is 4.84. The number of carbonyl (C=O) groups is 2. The summed E-state index contributed by atoms with van der Waals surface area (Å²) >= 11 is 0. The van der Waals surface area contributed by atoms with E-state index in [1.165, 1.54) is 4.90 Å². The first-order valence-corrected chi connectivity index (χ1v) is 9.62. The fourth-order valence-electron chi connectivity index (χ4n) is 3.17. The van der Waals surface area contributed by atoms with Gasteiger partial charge in [0, 0.05) is 18.1 Å². The molecule has 0 atom stereocenters. The lowest BCUT2D eigenvalue weighted by Gasteiger charge is -2.17. The molecule has 154 valence electrons. The third kappa shape index (κ3) is 4.06. The summed E-state index contributed by atoms with van der Waals surface area (Å²) in [6.07, 6.45) is 0. The molecule has 0 spiro atoms. The lowest BCUT2D eigenvalue weighted by atomic mass is 10.1. The van der Waals surface area contributed by atoms with Crippen LogP contribution in [0.5, 0.6) is 0 Å². The molecule has 4 rings (SSSR count). The van der Waals surface area contributed by atoms with Crippen molar-refractivity contribution in [2.45, 2.75) is 0 Å². The second-order valence-electron chi connectivity index (χ2n) is 6.81. The fourth-order valence-corrected chi connectivity index (χ4v) is 3.17. The quantitative estimate of drug-likeness (QED) is 0.469. The van der Waals surface area contributed by atoms with E-state index in [2.05, 4.69) is 5.10 Å². The minimum absolute atomic E-state index is 0.0331. The number of ether oxygens (including phenoxy) is 1.